The molecule has 22 heavy (non-hydrogen) atoms. The van der Waals surface area contributed by atoms with Gasteiger partial charge in [-0.1, -0.05) is 0 Å². The zero-order chi connectivity index (χ0) is 15.4. The van der Waals surface area contributed by atoms with E-state index in [4.69, 9.17) is 0 Å². The van der Waals surface area contributed by atoms with Crippen molar-refractivity contribution < 1.29 is 13.8 Å². The number of benzene rings is 1. The highest BCUT2D eigenvalue weighted by Gasteiger charge is 2.30. The lowest BCUT2D eigenvalue weighted by Crippen LogP contribution is -2.25. The lowest BCUT2D eigenvalue weighted by molar-refractivity contribution is -0.413. The minimum Gasteiger partial charge on any atom is -0.331 e. The summed E-state index contributed by atoms with van der Waals surface area (Å²) < 4.78 is 15.9. The quantitative estimate of drug-likeness (QED) is 0.818. The smallest absolute Gasteiger partial charge is 0.293 e. The van der Waals surface area contributed by atoms with E-state index in [9.17, 15) is 9.18 Å². The van der Waals surface area contributed by atoms with Crippen LogP contribution < -0.4 is 0 Å². The van der Waals surface area contributed by atoms with Crippen LogP contribution in [0.1, 0.15) is 16.2 Å². The summed E-state index contributed by atoms with van der Waals surface area (Å²) in [7, 11) is 1.95. The molecule has 2 aromatic rings. The van der Waals surface area contributed by atoms with Gasteiger partial charge in [-0.3, -0.25) is 4.79 Å². The van der Waals surface area contributed by atoms with Gasteiger partial charge in [0, 0.05) is 6.20 Å². The zero-order valence-corrected chi connectivity index (χ0v) is 12.2. The highest BCUT2D eigenvalue weighted by Crippen LogP contribution is 2.25. The average molecular weight is 297 g/mol. The van der Waals surface area contributed by atoms with Crippen LogP contribution in [0, 0.1) is 12.7 Å². The Morgan fingerprint density at radius 2 is 2.27 bits per heavy atom. The number of H-pyrrole nitrogens is 1. The summed E-state index contributed by atoms with van der Waals surface area (Å²) in [6.07, 6.45) is 5.75. The lowest BCUT2D eigenvalue weighted by Gasteiger charge is -2.10. The second-order valence-corrected chi connectivity index (χ2v) is 5.69. The maximum atomic E-state index is 13.9. The first-order valence-electron chi connectivity index (χ1n) is 6.98. The Balaban J connectivity index is 1.70. The highest BCUT2D eigenvalue weighted by molar-refractivity contribution is 5.97. The third kappa shape index (κ3) is 1.88. The minimum atomic E-state index is -0.393. The molecule has 1 aromatic heterocycles. The maximum Gasteiger partial charge on any atom is 0.293 e. The fourth-order valence-electron chi connectivity index (χ4n) is 2.88. The van der Waals surface area contributed by atoms with E-state index in [1.165, 1.54) is 6.07 Å². The van der Waals surface area contributed by atoms with Gasteiger partial charge in [-0.25, -0.2) is 13.9 Å². The van der Waals surface area contributed by atoms with Gasteiger partial charge in [0.15, 0.2) is 18.2 Å². The van der Waals surface area contributed by atoms with Gasteiger partial charge >= 0.3 is 0 Å². The summed E-state index contributed by atoms with van der Waals surface area (Å²) in [6, 6.07) is 3.18. The number of hydrogen-bond donors (Lipinski definition) is 1. The lowest BCUT2D eigenvalue weighted by atomic mass is 10.2. The van der Waals surface area contributed by atoms with E-state index in [2.05, 4.69) is 9.97 Å². The minimum absolute atomic E-state index is 0.158. The van der Waals surface area contributed by atoms with E-state index in [0.717, 1.165) is 16.7 Å². The van der Waals surface area contributed by atoms with E-state index in [-0.39, 0.29) is 17.2 Å². The molecule has 0 atom stereocenters. The number of halogens is 1. The van der Waals surface area contributed by atoms with E-state index < -0.39 is 5.82 Å². The molecule has 2 aliphatic heterocycles. The molecule has 6 heteroatoms. The standard InChI is InChI=1S/C16H13FN4O/c1-9-3-12(17)14-13(4-9)18-15(19-14)16(22)21-7-10-5-20(2)6-11(10)8-21/h3-7H,8H2,1-2H3/p+1. The topological polar surface area (TPSA) is 52.0 Å². The van der Waals surface area contributed by atoms with Crippen LogP contribution in [0.5, 0.6) is 0 Å². The Labute approximate surface area is 126 Å². The number of aryl methyl sites for hydroxylation is 1. The van der Waals surface area contributed by atoms with Crippen molar-refractivity contribution in [2.75, 3.05) is 13.6 Å². The SMILES string of the molecule is Cc1cc(F)c2[nH]c(C(=O)N3C=C4C=[N+](C)C=C4C3)nc2c1. The molecule has 0 saturated carbocycles. The van der Waals surface area contributed by atoms with Crippen molar-refractivity contribution in [2.24, 2.45) is 0 Å². The Kier molecular flexibility index (Phi) is 2.57. The molecule has 1 amide bonds. The van der Waals surface area contributed by atoms with Crippen LogP contribution in [0.2, 0.25) is 0 Å². The number of imidazole rings is 1. The molecule has 0 radical (unpaired) electrons. The Hall–Kier alpha value is -2.76. The number of carbonyl (C=O) groups is 1. The molecule has 0 saturated heterocycles. The summed E-state index contributed by atoms with van der Waals surface area (Å²) in [5.74, 6) is -0.492. The molecule has 0 unspecified atom stereocenters. The van der Waals surface area contributed by atoms with Gasteiger partial charge in [0.2, 0.25) is 0 Å². The van der Waals surface area contributed by atoms with E-state index in [0.29, 0.717) is 12.1 Å². The van der Waals surface area contributed by atoms with E-state index in [1.807, 2.05) is 24.0 Å². The van der Waals surface area contributed by atoms with Gasteiger partial charge in [-0.15, -0.1) is 0 Å². The van der Waals surface area contributed by atoms with Crippen LogP contribution in [-0.4, -0.2) is 45.2 Å². The van der Waals surface area contributed by atoms with Crippen molar-refractivity contribution in [3.63, 3.8) is 0 Å². The summed E-state index contributed by atoms with van der Waals surface area (Å²) in [6.45, 7) is 2.30. The van der Waals surface area contributed by atoms with Crippen molar-refractivity contribution in [2.45, 2.75) is 6.92 Å². The first kappa shape index (κ1) is 12.9. The molecule has 0 spiro atoms. The Morgan fingerprint density at radius 1 is 1.45 bits per heavy atom. The van der Waals surface area contributed by atoms with Crippen molar-refractivity contribution in [1.29, 1.82) is 0 Å². The third-order valence-corrected chi connectivity index (χ3v) is 3.86. The number of nitrogens with one attached hydrogen (secondary N) is 1. The number of fused-ring (bicyclic) bond motifs is 2. The molecule has 0 fully saturated rings. The highest BCUT2D eigenvalue weighted by atomic mass is 19.1. The molecule has 110 valence electrons. The number of hydrogen-bond acceptors (Lipinski definition) is 2. The molecule has 1 N–H and O–H groups in total. The monoisotopic (exact) mass is 297 g/mol. The van der Waals surface area contributed by atoms with Crippen LogP contribution >= 0.6 is 0 Å². The summed E-state index contributed by atoms with van der Waals surface area (Å²) in [4.78, 5) is 21.2. The third-order valence-electron chi connectivity index (χ3n) is 3.86. The number of aromatic nitrogens is 2. The largest absolute Gasteiger partial charge is 0.331 e. The number of carbonyl (C=O) groups excluding carboxylic acids is 1. The van der Waals surface area contributed by atoms with Gasteiger partial charge in [-0.05, 0) is 24.6 Å². The Bertz CT molecular complexity index is 920. The number of rotatable bonds is 1. The molecule has 2 aliphatic rings. The predicted molar refractivity (Wildman–Crippen MR) is 80.2 cm³/mol. The van der Waals surface area contributed by atoms with Crippen LogP contribution in [0.15, 0.2) is 35.7 Å². The van der Waals surface area contributed by atoms with Gasteiger partial charge in [0.1, 0.15) is 18.4 Å². The second-order valence-electron chi connectivity index (χ2n) is 5.69. The maximum absolute atomic E-state index is 13.9. The second kappa shape index (κ2) is 4.37. The molecule has 3 heterocycles. The van der Waals surface area contributed by atoms with Crippen molar-refractivity contribution >= 4 is 23.2 Å². The number of nitrogens with zero attached hydrogens (tertiary/aromatic N) is 3. The Morgan fingerprint density at radius 3 is 3.05 bits per heavy atom. The van der Waals surface area contributed by atoms with Gasteiger partial charge in [0.05, 0.1) is 23.2 Å². The van der Waals surface area contributed by atoms with Crippen molar-refractivity contribution in [1.82, 2.24) is 14.9 Å². The van der Waals surface area contributed by atoms with Crippen LogP contribution in [-0.2, 0) is 0 Å². The van der Waals surface area contributed by atoms with Gasteiger partial charge < -0.3 is 9.88 Å². The fourth-order valence-corrected chi connectivity index (χ4v) is 2.88. The van der Waals surface area contributed by atoms with Crippen LogP contribution in [0.3, 0.4) is 0 Å². The zero-order valence-electron chi connectivity index (χ0n) is 12.2. The molecule has 1 aromatic carbocycles. The molecule has 0 aliphatic carbocycles. The fraction of sp³-hybridized carbons (Fsp3) is 0.188. The van der Waals surface area contributed by atoms with Crippen LogP contribution in [0.4, 0.5) is 4.39 Å². The normalized spacial score (nSPS) is 16.7. The van der Waals surface area contributed by atoms with Crippen molar-refractivity contribution in [3.8, 4) is 0 Å². The van der Waals surface area contributed by atoms with Crippen molar-refractivity contribution in [3.05, 3.63) is 52.9 Å². The predicted octanol–water partition coefficient (Wildman–Crippen LogP) is 1.96. The van der Waals surface area contributed by atoms with E-state index >= 15 is 0 Å². The summed E-state index contributed by atoms with van der Waals surface area (Å²) in [5, 5.41) is 0. The molecular formula is C16H14FN4O+. The average Bonchev–Trinajstić information content (AvgIpc) is 3.09. The van der Waals surface area contributed by atoms with Gasteiger partial charge in [0.25, 0.3) is 5.91 Å². The summed E-state index contributed by atoms with van der Waals surface area (Å²) >= 11 is 0. The number of amides is 1. The first-order chi connectivity index (χ1) is 10.5. The van der Waals surface area contributed by atoms with E-state index in [1.54, 1.807) is 24.1 Å². The first-order valence-corrected chi connectivity index (χ1v) is 6.98. The number of aromatic amines is 1. The van der Waals surface area contributed by atoms with Gasteiger partial charge in [-0.2, -0.15) is 0 Å². The molecule has 4 rings (SSSR count). The molecule has 5 nitrogen and oxygen atoms in total. The molecular weight excluding hydrogens is 283 g/mol. The summed E-state index contributed by atoms with van der Waals surface area (Å²) in [5.41, 5.74) is 3.63. The van der Waals surface area contributed by atoms with Crippen LogP contribution in [0.25, 0.3) is 11.0 Å². The molecule has 0 bridgehead atoms.